The van der Waals surface area contributed by atoms with E-state index < -0.39 is 18.2 Å². The topological polar surface area (TPSA) is 20.2 Å². The van der Waals surface area contributed by atoms with Gasteiger partial charge < -0.3 is 5.11 Å². The fourth-order valence-corrected chi connectivity index (χ4v) is 8.61. The Labute approximate surface area is 180 Å². The summed E-state index contributed by atoms with van der Waals surface area (Å²) < 4.78 is 37.8. The second-order valence-corrected chi connectivity index (χ2v) is 12.1. The van der Waals surface area contributed by atoms with Crippen molar-refractivity contribution in [3.05, 3.63) is 11.6 Å². The summed E-state index contributed by atoms with van der Waals surface area (Å²) in [5.41, 5.74) is 1.48. The maximum atomic E-state index is 12.6. The monoisotopic (exact) mass is 426 g/mol. The molecule has 0 unspecified atom stereocenters. The first kappa shape index (κ1) is 22.7. The van der Waals surface area contributed by atoms with Crippen LogP contribution in [-0.2, 0) is 0 Å². The molecular weight excluding hydrogens is 385 g/mol. The smallest absolute Gasteiger partial charge is 0.389 e. The van der Waals surface area contributed by atoms with Gasteiger partial charge in [0, 0.05) is 6.42 Å². The van der Waals surface area contributed by atoms with Crippen molar-refractivity contribution in [2.75, 3.05) is 0 Å². The van der Waals surface area contributed by atoms with Crippen LogP contribution in [0.15, 0.2) is 11.6 Å². The normalized spacial score (nSPS) is 47.1. The summed E-state index contributed by atoms with van der Waals surface area (Å²) in [4.78, 5) is 0. The Balaban J connectivity index is 1.48. The molecule has 0 aromatic rings. The van der Waals surface area contributed by atoms with Crippen LogP contribution in [0, 0.1) is 40.4 Å². The molecule has 172 valence electrons. The molecular formula is C26H41F3O. The first-order chi connectivity index (χ1) is 13.9. The molecule has 0 aromatic carbocycles. The van der Waals surface area contributed by atoms with Gasteiger partial charge in [0.25, 0.3) is 0 Å². The number of alkyl halides is 3. The SMILES string of the molecule is C[C@H](CCCC(F)(F)F)[C@H]1CC[C@H]2[C@@H]3CC=C4C[C@@](C)(O)CC[C@]4(C)[C@H]3CC[C@]12C. The summed E-state index contributed by atoms with van der Waals surface area (Å²) in [6.07, 6.45) is 7.67. The van der Waals surface area contributed by atoms with E-state index in [2.05, 4.69) is 26.8 Å². The number of fused-ring (bicyclic) bond motifs is 5. The minimum Gasteiger partial charge on any atom is -0.390 e. The molecule has 8 atom stereocenters. The minimum atomic E-state index is -4.02. The number of allylic oxidation sites excluding steroid dienone is 1. The van der Waals surface area contributed by atoms with E-state index in [0.29, 0.717) is 41.4 Å². The van der Waals surface area contributed by atoms with E-state index in [1.54, 1.807) is 0 Å². The van der Waals surface area contributed by atoms with Crippen molar-refractivity contribution in [2.45, 2.75) is 110 Å². The maximum absolute atomic E-state index is 12.6. The van der Waals surface area contributed by atoms with Gasteiger partial charge in [0.15, 0.2) is 0 Å². The van der Waals surface area contributed by atoms with E-state index in [9.17, 15) is 18.3 Å². The zero-order valence-electron chi connectivity index (χ0n) is 19.3. The zero-order valence-corrected chi connectivity index (χ0v) is 19.3. The third kappa shape index (κ3) is 3.88. The molecule has 0 bridgehead atoms. The Kier molecular flexibility index (Phi) is 5.69. The van der Waals surface area contributed by atoms with Crippen LogP contribution in [0.2, 0.25) is 0 Å². The van der Waals surface area contributed by atoms with Crippen molar-refractivity contribution in [1.82, 2.24) is 0 Å². The summed E-state index contributed by atoms with van der Waals surface area (Å²) in [5.74, 6) is 3.10. The fraction of sp³-hybridized carbons (Fsp3) is 0.923. The van der Waals surface area contributed by atoms with Gasteiger partial charge in [-0.05, 0) is 105 Å². The molecule has 0 aromatic heterocycles. The highest BCUT2D eigenvalue weighted by Gasteiger charge is 2.59. The predicted octanol–water partition coefficient (Wildman–Crippen LogP) is 7.69. The molecule has 0 heterocycles. The fourth-order valence-electron chi connectivity index (χ4n) is 8.61. The summed E-state index contributed by atoms with van der Waals surface area (Å²) in [6.45, 7) is 9.13. The van der Waals surface area contributed by atoms with Crippen LogP contribution in [0.4, 0.5) is 13.2 Å². The second-order valence-electron chi connectivity index (χ2n) is 12.1. The van der Waals surface area contributed by atoms with E-state index >= 15 is 0 Å². The summed E-state index contributed by atoms with van der Waals surface area (Å²) >= 11 is 0. The maximum Gasteiger partial charge on any atom is 0.389 e. The van der Waals surface area contributed by atoms with Crippen LogP contribution in [-0.4, -0.2) is 16.9 Å². The first-order valence-corrected chi connectivity index (χ1v) is 12.3. The molecule has 0 spiro atoms. The van der Waals surface area contributed by atoms with Crippen LogP contribution in [0.25, 0.3) is 0 Å². The Bertz CT molecular complexity index is 680. The molecule has 0 saturated heterocycles. The molecule has 4 aliphatic carbocycles. The van der Waals surface area contributed by atoms with Crippen molar-refractivity contribution < 1.29 is 18.3 Å². The van der Waals surface area contributed by atoms with Crippen molar-refractivity contribution in [3.63, 3.8) is 0 Å². The molecule has 0 amide bonds. The number of hydrogen-bond acceptors (Lipinski definition) is 1. The number of rotatable bonds is 4. The second kappa shape index (κ2) is 7.52. The molecule has 0 radical (unpaired) electrons. The van der Waals surface area contributed by atoms with Gasteiger partial charge in [-0.25, -0.2) is 0 Å². The first-order valence-electron chi connectivity index (χ1n) is 12.3. The lowest BCUT2D eigenvalue weighted by molar-refractivity contribution is -0.136. The Morgan fingerprint density at radius 1 is 1.07 bits per heavy atom. The van der Waals surface area contributed by atoms with Gasteiger partial charge in [0.2, 0.25) is 0 Å². The van der Waals surface area contributed by atoms with Crippen LogP contribution in [0.5, 0.6) is 0 Å². The highest BCUT2D eigenvalue weighted by atomic mass is 19.4. The zero-order chi connectivity index (χ0) is 21.9. The average Bonchev–Trinajstić information content (AvgIpc) is 2.98. The van der Waals surface area contributed by atoms with Crippen molar-refractivity contribution in [1.29, 1.82) is 0 Å². The van der Waals surface area contributed by atoms with Gasteiger partial charge in [-0.3, -0.25) is 0 Å². The molecule has 30 heavy (non-hydrogen) atoms. The van der Waals surface area contributed by atoms with Gasteiger partial charge >= 0.3 is 6.18 Å². The molecule has 1 nitrogen and oxygen atoms in total. The van der Waals surface area contributed by atoms with Gasteiger partial charge in [-0.1, -0.05) is 38.8 Å². The third-order valence-electron chi connectivity index (χ3n) is 10.3. The lowest BCUT2D eigenvalue weighted by Gasteiger charge is -2.59. The largest absolute Gasteiger partial charge is 0.390 e. The highest BCUT2D eigenvalue weighted by Crippen LogP contribution is 2.67. The Morgan fingerprint density at radius 3 is 2.50 bits per heavy atom. The van der Waals surface area contributed by atoms with Gasteiger partial charge in [0.05, 0.1) is 5.60 Å². The average molecular weight is 427 g/mol. The number of aliphatic hydroxyl groups is 1. The highest BCUT2D eigenvalue weighted by molar-refractivity contribution is 5.26. The molecule has 4 heteroatoms. The molecule has 4 aliphatic rings. The van der Waals surface area contributed by atoms with Gasteiger partial charge in [0.1, 0.15) is 0 Å². The van der Waals surface area contributed by atoms with Crippen LogP contribution >= 0.6 is 0 Å². The van der Waals surface area contributed by atoms with Gasteiger partial charge in [-0.15, -0.1) is 0 Å². The molecule has 3 saturated carbocycles. The third-order valence-corrected chi connectivity index (χ3v) is 10.3. The van der Waals surface area contributed by atoms with Crippen molar-refractivity contribution >= 4 is 0 Å². The van der Waals surface area contributed by atoms with E-state index in [4.69, 9.17) is 0 Å². The van der Waals surface area contributed by atoms with E-state index in [-0.39, 0.29) is 11.8 Å². The van der Waals surface area contributed by atoms with E-state index in [0.717, 1.165) is 25.7 Å². The molecule has 0 aliphatic heterocycles. The quantitative estimate of drug-likeness (QED) is 0.457. The van der Waals surface area contributed by atoms with E-state index in [1.807, 2.05) is 6.92 Å². The molecule has 4 rings (SSSR count). The van der Waals surface area contributed by atoms with Gasteiger partial charge in [-0.2, -0.15) is 13.2 Å². The Morgan fingerprint density at radius 2 is 1.80 bits per heavy atom. The number of halogens is 3. The summed E-state index contributed by atoms with van der Waals surface area (Å²) in [5, 5.41) is 10.6. The molecule has 3 fully saturated rings. The van der Waals surface area contributed by atoms with Crippen LogP contribution in [0.1, 0.15) is 98.3 Å². The Hall–Kier alpha value is -0.510. The molecule has 1 N–H and O–H groups in total. The van der Waals surface area contributed by atoms with Crippen molar-refractivity contribution in [2.24, 2.45) is 40.4 Å². The van der Waals surface area contributed by atoms with Crippen molar-refractivity contribution in [3.8, 4) is 0 Å². The standard InChI is InChI=1S/C26H41F3O/c1-17(6-5-12-26(27,28)29)20-9-10-21-19-8-7-18-16-23(2,30)14-15-24(18,3)22(19)11-13-25(20,21)4/h7,17,19-22,30H,5-6,8-16H2,1-4H3/t17-,19+,20-,21+,22+,23+,24+,25-/m1/s1. The number of hydrogen-bond donors (Lipinski definition) is 1. The lowest BCUT2D eigenvalue weighted by atomic mass is 9.46. The lowest BCUT2D eigenvalue weighted by Crippen LogP contribution is -2.52. The van der Waals surface area contributed by atoms with E-state index in [1.165, 1.54) is 31.3 Å². The minimum absolute atomic E-state index is 0.239. The predicted molar refractivity (Wildman–Crippen MR) is 115 cm³/mol. The van der Waals surface area contributed by atoms with Crippen LogP contribution < -0.4 is 0 Å². The summed E-state index contributed by atoms with van der Waals surface area (Å²) in [6, 6.07) is 0. The van der Waals surface area contributed by atoms with Crippen LogP contribution in [0.3, 0.4) is 0 Å². The summed E-state index contributed by atoms with van der Waals surface area (Å²) in [7, 11) is 0.